The average molecular weight is 296 g/mol. The van der Waals surface area contributed by atoms with Gasteiger partial charge < -0.3 is 25.3 Å². The molecule has 1 aromatic rings. The van der Waals surface area contributed by atoms with Crippen molar-refractivity contribution in [1.29, 1.82) is 0 Å². The van der Waals surface area contributed by atoms with Crippen molar-refractivity contribution in [3.05, 3.63) is 23.8 Å². The third-order valence-corrected chi connectivity index (χ3v) is 2.65. The average Bonchev–Trinajstić information content (AvgIpc) is 2.49. The summed E-state index contributed by atoms with van der Waals surface area (Å²) in [6, 6.07) is 4.52. The van der Waals surface area contributed by atoms with E-state index >= 15 is 0 Å². The van der Waals surface area contributed by atoms with E-state index in [1.165, 1.54) is 19.2 Å². The van der Waals surface area contributed by atoms with Gasteiger partial charge >= 0.3 is 5.97 Å². The van der Waals surface area contributed by atoms with Crippen LogP contribution in [0.2, 0.25) is 0 Å². The van der Waals surface area contributed by atoms with E-state index in [4.69, 9.17) is 19.9 Å². The summed E-state index contributed by atoms with van der Waals surface area (Å²) in [4.78, 5) is 23.2. The largest absolute Gasteiger partial charge is 0.495 e. The molecule has 0 heterocycles. The molecule has 1 rings (SSSR count). The first-order valence-electron chi connectivity index (χ1n) is 6.44. The molecule has 0 bridgehead atoms. The van der Waals surface area contributed by atoms with Crippen LogP contribution in [0.1, 0.15) is 16.8 Å². The second-order valence-corrected chi connectivity index (χ2v) is 4.23. The molecule has 0 aliphatic rings. The molecule has 0 aliphatic heterocycles. The molecule has 0 saturated heterocycles. The third-order valence-electron chi connectivity index (χ3n) is 2.65. The van der Waals surface area contributed by atoms with Gasteiger partial charge in [0.25, 0.3) is 5.91 Å². The van der Waals surface area contributed by atoms with Crippen molar-refractivity contribution < 1.29 is 23.8 Å². The summed E-state index contributed by atoms with van der Waals surface area (Å²) >= 11 is 0. The number of methoxy groups -OCH3 is 2. The van der Waals surface area contributed by atoms with Crippen LogP contribution in [-0.2, 0) is 14.3 Å². The van der Waals surface area contributed by atoms with E-state index in [2.05, 4.69) is 5.32 Å². The highest BCUT2D eigenvalue weighted by Crippen LogP contribution is 2.22. The molecule has 3 N–H and O–H groups in total. The Labute approximate surface area is 123 Å². The summed E-state index contributed by atoms with van der Waals surface area (Å²) in [5.41, 5.74) is 6.34. The van der Waals surface area contributed by atoms with E-state index < -0.39 is 5.97 Å². The predicted molar refractivity (Wildman–Crippen MR) is 77.2 cm³/mol. The van der Waals surface area contributed by atoms with Gasteiger partial charge in [-0.05, 0) is 24.6 Å². The van der Waals surface area contributed by atoms with E-state index in [1.54, 1.807) is 13.2 Å². The molecule has 0 atom stereocenters. The second-order valence-electron chi connectivity index (χ2n) is 4.23. The van der Waals surface area contributed by atoms with Gasteiger partial charge in [-0.1, -0.05) is 0 Å². The summed E-state index contributed by atoms with van der Waals surface area (Å²) in [5, 5.41) is 2.62. The van der Waals surface area contributed by atoms with Gasteiger partial charge in [-0.25, -0.2) is 4.79 Å². The molecule has 0 spiro atoms. The van der Waals surface area contributed by atoms with Crippen molar-refractivity contribution >= 4 is 17.6 Å². The fraction of sp³-hybridized carbons (Fsp3) is 0.429. The van der Waals surface area contributed by atoms with Crippen LogP contribution in [0.5, 0.6) is 5.75 Å². The molecule has 116 valence electrons. The molecule has 0 saturated carbocycles. The molecule has 7 nitrogen and oxygen atoms in total. The lowest BCUT2D eigenvalue weighted by atomic mass is 10.2. The Morgan fingerprint density at radius 1 is 1.29 bits per heavy atom. The Bertz CT molecular complexity index is 490. The van der Waals surface area contributed by atoms with Gasteiger partial charge in [-0.15, -0.1) is 0 Å². The minimum Gasteiger partial charge on any atom is -0.495 e. The van der Waals surface area contributed by atoms with Gasteiger partial charge in [0.1, 0.15) is 5.75 Å². The van der Waals surface area contributed by atoms with E-state index in [0.717, 1.165) is 0 Å². The number of anilines is 1. The van der Waals surface area contributed by atoms with E-state index in [0.29, 0.717) is 31.0 Å². The Kier molecular flexibility index (Phi) is 7.03. The summed E-state index contributed by atoms with van der Waals surface area (Å²) in [6.07, 6.45) is 0.700. The van der Waals surface area contributed by atoms with E-state index in [1.807, 2.05) is 0 Å². The van der Waals surface area contributed by atoms with Crippen molar-refractivity contribution in [3.63, 3.8) is 0 Å². The number of nitrogen functional groups attached to an aromatic ring is 1. The number of carbonyl (C=O) groups excluding carboxylic acids is 2. The molecule has 1 aromatic carbocycles. The highest BCUT2D eigenvalue weighted by Gasteiger charge is 2.12. The van der Waals surface area contributed by atoms with Crippen molar-refractivity contribution in [2.45, 2.75) is 6.42 Å². The third kappa shape index (κ3) is 5.70. The summed E-state index contributed by atoms with van der Waals surface area (Å²) < 4.78 is 14.8. The number of rotatable bonds is 8. The number of ether oxygens (including phenoxy) is 3. The Morgan fingerprint density at radius 2 is 2.05 bits per heavy atom. The first-order chi connectivity index (χ1) is 10.1. The zero-order chi connectivity index (χ0) is 15.7. The number of nitrogens with one attached hydrogen (secondary N) is 1. The first-order valence-corrected chi connectivity index (χ1v) is 6.44. The molecular formula is C14H20N2O5. The zero-order valence-corrected chi connectivity index (χ0v) is 12.2. The fourth-order valence-electron chi connectivity index (χ4n) is 1.55. The lowest BCUT2D eigenvalue weighted by molar-refractivity contribution is -0.124. The Balaban J connectivity index is 2.41. The molecule has 0 radical (unpaired) electrons. The maximum absolute atomic E-state index is 11.8. The number of esters is 1. The summed E-state index contributed by atoms with van der Waals surface area (Å²) in [5.74, 6) is -0.587. The van der Waals surface area contributed by atoms with Crippen LogP contribution in [0, 0.1) is 0 Å². The standard InChI is InChI=1S/C14H20N2O5/c1-19-7-3-6-16-13(17)9-21-14(18)10-4-5-11(15)12(8-10)20-2/h4-5,8H,3,6-7,9,15H2,1-2H3,(H,16,17). The molecule has 21 heavy (non-hydrogen) atoms. The van der Waals surface area contributed by atoms with Gasteiger partial charge in [0.05, 0.1) is 18.4 Å². The first kappa shape index (κ1) is 16.8. The van der Waals surface area contributed by atoms with Gasteiger partial charge in [0, 0.05) is 20.3 Å². The van der Waals surface area contributed by atoms with E-state index in [9.17, 15) is 9.59 Å². The van der Waals surface area contributed by atoms with Crippen LogP contribution in [0.15, 0.2) is 18.2 Å². The topological polar surface area (TPSA) is 99.9 Å². The number of benzene rings is 1. The van der Waals surface area contributed by atoms with Crippen LogP contribution in [0.3, 0.4) is 0 Å². The van der Waals surface area contributed by atoms with Gasteiger partial charge in [-0.3, -0.25) is 4.79 Å². The second kappa shape index (κ2) is 8.80. The lowest BCUT2D eigenvalue weighted by Gasteiger charge is -2.08. The molecule has 7 heteroatoms. The Hall–Kier alpha value is -2.28. The monoisotopic (exact) mass is 296 g/mol. The molecule has 1 amide bonds. The van der Waals surface area contributed by atoms with Gasteiger partial charge in [0.2, 0.25) is 0 Å². The lowest BCUT2D eigenvalue weighted by Crippen LogP contribution is -2.30. The normalized spacial score (nSPS) is 10.0. The van der Waals surface area contributed by atoms with Crippen molar-refractivity contribution in [3.8, 4) is 5.75 Å². The van der Waals surface area contributed by atoms with Crippen molar-refractivity contribution in [2.75, 3.05) is 39.7 Å². The smallest absolute Gasteiger partial charge is 0.338 e. The molecule has 0 fully saturated rings. The highest BCUT2D eigenvalue weighted by atomic mass is 16.5. The minimum absolute atomic E-state index is 0.272. The van der Waals surface area contributed by atoms with Crippen LogP contribution in [0.4, 0.5) is 5.69 Å². The fourth-order valence-corrected chi connectivity index (χ4v) is 1.55. The summed E-state index contributed by atoms with van der Waals surface area (Å²) in [6.45, 7) is 0.698. The minimum atomic E-state index is -0.611. The number of hydrogen-bond acceptors (Lipinski definition) is 6. The predicted octanol–water partition coefficient (Wildman–Crippen LogP) is 0.587. The van der Waals surface area contributed by atoms with E-state index in [-0.39, 0.29) is 18.1 Å². The van der Waals surface area contributed by atoms with Crippen LogP contribution >= 0.6 is 0 Å². The molecular weight excluding hydrogens is 276 g/mol. The molecule has 0 unspecified atom stereocenters. The number of hydrogen-bond donors (Lipinski definition) is 2. The summed E-state index contributed by atoms with van der Waals surface area (Å²) in [7, 11) is 3.04. The zero-order valence-electron chi connectivity index (χ0n) is 12.2. The van der Waals surface area contributed by atoms with Crippen LogP contribution < -0.4 is 15.8 Å². The number of amides is 1. The highest BCUT2D eigenvalue weighted by molar-refractivity contribution is 5.92. The molecule has 0 aromatic heterocycles. The van der Waals surface area contributed by atoms with Crippen LogP contribution in [0.25, 0.3) is 0 Å². The SMILES string of the molecule is COCCCNC(=O)COC(=O)c1ccc(N)c(OC)c1. The van der Waals surface area contributed by atoms with Crippen molar-refractivity contribution in [1.82, 2.24) is 5.32 Å². The Morgan fingerprint density at radius 3 is 2.71 bits per heavy atom. The van der Waals surface area contributed by atoms with Gasteiger partial charge in [0.15, 0.2) is 6.61 Å². The number of carbonyl (C=O) groups is 2. The van der Waals surface area contributed by atoms with Gasteiger partial charge in [-0.2, -0.15) is 0 Å². The van der Waals surface area contributed by atoms with Crippen LogP contribution in [-0.4, -0.2) is 45.9 Å². The quantitative estimate of drug-likeness (QED) is 0.414. The maximum Gasteiger partial charge on any atom is 0.338 e. The molecule has 0 aliphatic carbocycles. The maximum atomic E-state index is 11.8. The number of nitrogens with two attached hydrogens (primary N) is 1. The van der Waals surface area contributed by atoms with Crippen molar-refractivity contribution in [2.24, 2.45) is 0 Å².